The minimum Gasteiger partial charge on any atom is -0.263 e. The van der Waals surface area contributed by atoms with Crippen LogP contribution in [0.5, 0.6) is 0 Å². The number of rotatable bonds is 16. The van der Waals surface area contributed by atoms with Gasteiger partial charge in [0, 0.05) is 4.92 Å². The Balaban J connectivity index is 0.000000340. The average Bonchev–Trinajstić information content (AvgIpc) is 3.20. The summed E-state index contributed by atoms with van der Waals surface area (Å²) in [7, 11) is 0. The van der Waals surface area contributed by atoms with Gasteiger partial charge in [-0.1, -0.05) is 23.3 Å². The molecule has 0 heterocycles. The van der Waals surface area contributed by atoms with Gasteiger partial charge in [0.1, 0.15) is 0 Å². The number of non-ortho nitro benzene ring substituents is 2. The summed E-state index contributed by atoms with van der Waals surface area (Å²) in [4.78, 5) is 117. The van der Waals surface area contributed by atoms with Gasteiger partial charge >= 0.3 is 57.2 Å². The maximum atomic E-state index is 11.9. The van der Waals surface area contributed by atoms with Crippen LogP contribution in [0.2, 0.25) is 0 Å². The molecule has 3 aromatic carbocycles. The summed E-state index contributed by atoms with van der Waals surface area (Å²) in [5.74, 6) is 0. The van der Waals surface area contributed by atoms with E-state index in [1.54, 1.807) is 0 Å². The zero-order valence-corrected chi connectivity index (χ0v) is 29.7. The Bertz CT molecular complexity index is 2620. The number of hydrogen-bond donors (Lipinski definition) is 0. The largest absolute Gasteiger partial charge is 0.503 e. The smallest absolute Gasteiger partial charge is 0.263 e. The van der Waals surface area contributed by atoms with Crippen LogP contribution in [0.3, 0.4) is 0 Å². The first-order valence-corrected chi connectivity index (χ1v) is 15.2. The topological polar surface area (TPSA) is 567 Å². The van der Waals surface area contributed by atoms with Crippen molar-refractivity contribution in [2.75, 3.05) is 0 Å². The maximum Gasteiger partial charge on any atom is 0.503 e. The number of nitro benzene ring substituents is 6. The summed E-state index contributed by atoms with van der Waals surface area (Å²) in [6.07, 6.45) is 0. The monoisotopic (exact) mass is 906 g/mol. The molecule has 330 valence electrons. The van der Waals surface area contributed by atoms with Gasteiger partial charge in [-0.25, -0.2) is 0 Å². The van der Waals surface area contributed by atoms with Crippen LogP contribution in [0.4, 0.5) is 51.2 Å². The van der Waals surface area contributed by atoms with E-state index in [0.717, 1.165) is 12.1 Å². The fourth-order valence-electron chi connectivity index (χ4n) is 5.07. The van der Waals surface area contributed by atoms with E-state index in [1.165, 1.54) is 18.2 Å². The summed E-state index contributed by atoms with van der Waals surface area (Å²) < 4.78 is 0. The van der Waals surface area contributed by atoms with E-state index in [9.17, 15) is 121 Å². The highest BCUT2D eigenvalue weighted by Gasteiger charge is 2.83. The van der Waals surface area contributed by atoms with Gasteiger partial charge in [0.2, 0.25) is 11.4 Å². The van der Waals surface area contributed by atoms with Crippen molar-refractivity contribution in [1.82, 2.24) is 0 Å². The van der Waals surface area contributed by atoms with Gasteiger partial charge in [0.25, 0.3) is 11.4 Å². The van der Waals surface area contributed by atoms with Crippen LogP contribution >= 0.6 is 0 Å². The van der Waals surface area contributed by atoms with Gasteiger partial charge in [-0.3, -0.25) is 121 Å². The normalized spacial score (nSPS) is 15.7. The molecule has 40 heteroatoms. The number of benzene rings is 3. The Morgan fingerprint density at radius 3 is 1.06 bits per heavy atom. The van der Waals surface area contributed by atoms with Gasteiger partial charge in [-0.15, -0.1) is 15.3 Å². The minimum atomic E-state index is -4.20. The molecule has 0 N–H and O–H groups in total. The number of nitro groups is 12. The van der Waals surface area contributed by atoms with Gasteiger partial charge in [0.15, 0.2) is 0 Å². The fourth-order valence-corrected chi connectivity index (χ4v) is 5.07. The Hall–Kier alpha value is -10.9. The zero-order valence-electron chi connectivity index (χ0n) is 29.7. The first kappa shape index (κ1) is 47.5. The Morgan fingerprint density at radius 2 is 0.797 bits per heavy atom. The van der Waals surface area contributed by atoms with Crippen molar-refractivity contribution >= 4 is 51.2 Å². The van der Waals surface area contributed by atoms with E-state index < -0.39 is 139 Å². The lowest BCUT2D eigenvalue weighted by Gasteiger charge is -2.20. The van der Waals surface area contributed by atoms with E-state index in [2.05, 4.69) is 20.5 Å². The van der Waals surface area contributed by atoms with Crippen LogP contribution in [0.15, 0.2) is 97.8 Å². The molecule has 3 aromatic rings. The SMILES string of the molecule is O=[N+]([O-])C1=C([N+](=O)[O-])C([N+](=O)[O-])C(N=Nc2ccccc2)([N+](=O)[O-])C([N+](=O)[O-])=C1[N+](=O)[O-].O=[N+]([O-])c1cc([N+](=O)[O-])c(N=Nc2c([N+](=O)[O-])cc([N+](=O)[O-])cc2[N+](=O)[O-])c([N+](=O)[O-])c1. The van der Waals surface area contributed by atoms with Crippen LogP contribution in [0.1, 0.15) is 0 Å². The number of azo groups is 2. The highest BCUT2D eigenvalue weighted by atomic mass is 16.7. The second-order valence-electron chi connectivity index (χ2n) is 11.1. The van der Waals surface area contributed by atoms with Crippen LogP contribution in [-0.4, -0.2) is 70.8 Å². The predicted molar refractivity (Wildman–Crippen MR) is 190 cm³/mol. The van der Waals surface area contributed by atoms with Crippen molar-refractivity contribution in [3.63, 3.8) is 0 Å². The molecule has 64 heavy (non-hydrogen) atoms. The second-order valence-corrected chi connectivity index (χ2v) is 11.1. The number of hydrogen-bond acceptors (Lipinski definition) is 28. The van der Waals surface area contributed by atoms with E-state index in [-0.39, 0.29) is 5.69 Å². The third kappa shape index (κ3) is 9.21. The van der Waals surface area contributed by atoms with Crippen LogP contribution in [0, 0.1) is 121 Å². The molecule has 0 saturated heterocycles. The molecule has 4 rings (SSSR count). The van der Waals surface area contributed by atoms with Crippen molar-refractivity contribution in [3.05, 3.63) is 199 Å². The standard InChI is InChI=1S/C12H4N8O12.C12H6N8O12/c21-15(22)5-1-7(17(25)26)11(8(2-5)18(27)28)13-14-12-9(19(29)30)3-6(16(23)24)4-10(12)20(31)32;21-15(22)7-8(16(23)24)10(18(27)28)12(20(31)32,11(19(29)30)9(7)17(25)26)14-13-6-4-2-1-3-5-6/h1-4H;1-5,10H. The van der Waals surface area contributed by atoms with Crippen molar-refractivity contribution in [3.8, 4) is 0 Å². The van der Waals surface area contributed by atoms with E-state index >= 15 is 0 Å². The summed E-state index contributed by atoms with van der Waals surface area (Å²) >= 11 is 0. The first-order valence-electron chi connectivity index (χ1n) is 15.2. The molecule has 1 aliphatic rings. The highest BCUT2D eigenvalue weighted by Crippen LogP contribution is 2.46. The molecule has 2 unspecified atom stereocenters. The molecule has 40 nitrogen and oxygen atoms in total. The van der Waals surface area contributed by atoms with Crippen molar-refractivity contribution < 1.29 is 59.1 Å². The summed E-state index contributed by atoms with van der Waals surface area (Å²) in [5.41, 5.74) is -23.4. The van der Waals surface area contributed by atoms with Crippen LogP contribution in [-0.2, 0) is 0 Å². The predicted octanol–water partition coefficient (Wildman–Crippen LogP) is 4.48. The molecule has 1 aliphatic carbocycles. The lowest BCUT2D eigenvalue weighted by Crippen LogP contribution is -2.59. The van der Waals surface area contributed by atoms with Gasteiger partial charge in [-0.05, 0) is 12.1 Å². The van der Waals surface area contributed by atoms with Gasteiger partial charge in [0.05, 0.1) is 84.1 Å². The molecule has 0 aromatic heterocycles. The molecule has 0 radical (unpaired) electrons. The minimum absolute atomic E-state index is 0.284. The summed E-state index contributed by atoms with van der Waals surface area (Å²) in [5, 5.41) is 148. The van der Waals surface area contributed by atoms with E-state index in [0.29, 0.717) is 24.3 Å². The third-order valence-corrected chi connectivity index (χ3v) is 7.56. The molecule has 0 spiro atoms. The molecule has 0 amide bonds. The molecule has 0 bridgehead atoms. The summed E-state index contributed by atoms with van der Waals surface area (Å²) in [6.45, 7) is 0. The van der Waals surface area contributed by atoms with Crippen molar-refractivity contribution in [1.29, 1.82) is 0 Å². The highest BCUT2D eigenvalue weighted by molar-refractivity contribution is 5.76. The van der Waals surface area contributed by atoms with E-state index in [1.807, 2.05) is 0 Å². The maximum absolute atomic E-state index is 11.9. The molecule has 0 aliphatic heterocycles. The summed E-state index contributed by atoms with van der Waals surface area (Å²) in [6, 6.07) is 3.94. The Labute approximate surface area is 341 Å². The zero-order chi connectivity index (χ0) is 48.7. The lowest BCUT2D eigenvalue weighted by atomic mass is 9.87. The molecular weight excluding hydrogens is 896 g/mol. The van der Waals surface area contributed by atoms with Gasteiger partial charge < -0.3 is 0 Å². The molecule has 2 atom stereocenters. The first-order chi connectivity index (χ1) is 29.7. The Morgan fingerprint density at radius 1 is 0.422 bits per heavy atom. The fraction of sp³-hybridized carbons (Fsp3) is 0.0833. The third-order valence-electron chi connectivity index (χ3n) is 7.56. The molecular formula is C24H10N16O24. The van der Waals surface area contributed by atoms with Crippen LogP contribution < -0.4 is 0 Å². The average molecular weight is 906 g/mol. The number of nitrogens with zero attached hydrogens (tertiary/aromatic N) is 16. The molecule has 0 saturated carbocycles. The van der Waals surface area contributed by atoms with Gasteiger partial charge in [-0.2, -0.15) is 0 Å². The lowest BCUT2D eigenvalue weighted by molar-refractivity contribution is -0.680. The van der Waals surface area contributed by atoms with Crippen molar-refractivity contribution in [2.45, 2.75) is 11.7 Å². The molecule has 0 fully saturated rings. The van der Waals surface area contributed by atoms with Crippen LogP contribution in [0.25, 0.3) is 0 Å². The van der Waals surface area contributed by atoms with E-state index in [4.69, 9.17) is 0 Å². The second kappa shape index (κ2) is 18.4. The quantitative estimate of drug-likeness (QED) is 0.108. The van der Waals surface area contributed by atoms with Crippen molar-refractivity contribution in [2.24, 2.45) is 20.5 Å². The Kier molecular flexibility index (Phi) is 13.6.